The van der Waals surface area contributed by atoms with Crippen molar-refractivity contribution in [3.05, 3.63) is 65.7 Å². The minimum atomic E-state index is -0.0514. The van der Waals surface area contributed by atoms with E-state index in [0.29, 0.717) is 6.54 Å². The first-order chi connectivity index (χ1) is 8.74. The van der Waals surface area contributed by atoms with Crippen LogP contribution >= 0.6 is 0 Å². The van der Waals surface area contributed by atoms with Crippen molar-refractivity contribution in [1.82, 2.24) is 5.32 Å². The van der Waals surface area contributed by atoms with Crippen LogP contribution in [0.4, 0.5) is 0 Å². The SMILES string of the molecule is O=C(Cc1cccc(O)c1)NCc1ccccc1. The number of rotatable bonds is 4. The molecule has 0 fully saturated rings. The summed E-state index contributed by atoms with van der Waals surface area (Å²) in [5.74, 6) is 0.132. The smallest absolute Gasteiger partial charge is 0.224 e. The summed E-state index contributed by atoms with van der Waals surface area (Å²) in [6, 6.07) is 16.5. The van der Waals surface area contributed by atoms with Crippen LogP contribution in [0.1, 0.15) is 11.1 Å². The van der Waals surface area contributed by atoms with E-state index in [-0.39, 0.29) is 18.1 Å². The monoisotopic (exact) mass is 241 g/mol. The molecule has 18 heavy (non-hydrogen) atoms. The van der Waals surface area contributed by atoms with Gasteiger partial charge in [0, 0.05) is 6.54 Å². The lowest BCUT2D eigenvalue weighted by Gasteiger charge is -2.05. The Morgan fingerprint density at radius 1 is 1.00 bits per heavy atom. The van der Waals surface area contributed by atoms with Crippen LogP contribution in [-0.4, -0.2) is 11.0 Å². The van der Waals surface area contributed by atoms with Gasteiger partial charge >= 0.3 is 0 Å². The number of nitrogens with one attached hydrogen (secondary N) is 1. The Kier molecular flexibility index (Phi) is 3.97. The van der Waals surface area contributed by atoms with Crippen molar-refractivity contribution in [3.63, 3.8) is 0 Å². The summed E-state index contributed by atoms with van der Waals surface area (Å²) < 4.78 is 0. The van der Waals surface area contributed by atoms with Crippen LogP contribution in [0.25, 0.3) is 0 Å². The number of carbonyl (C=O) groups excluding carboxylic acids is 1. The largest absolute Gasteiger partial charge is 0.508 e. The number of benzene rings is 2. The van der Waals surface area contributed by atoms with Crippen molar-refractivity contribution in [2.75, 3.05) is 0 Å². The minimum absolute atomic E-state index is 0.0514. The molecule has 0 saturated carbocycles. The molecule has 3 nitrogen and oxygen atoms in total. The Morgan fingerprint density at radius 2 is 1.72 bits per heavy atom. The highest BCUT2D eigenvalue weighted by molar-refractivity contribution is 5.78. The third kappa shape index (κ3) is 3.63. The van der Waals surface area contributed by atoms with Crippen molar-refractivity contribution < 1.29 is 9.90 Å². The predicted molar refractivity (Wildman–Crippen MR) is 70.1 cm³/mol. The average molecular weight is 241 g/mol. The van der Waals surface area contributed by atoms with Crippen molar-refractivity contribution in [2.45, 2.75) is 13.0 Å². The molecule has 0 saturated heterocycles. The molecule has 2 rings (SSSR count). The lowest BCUT2D eigenvalue weighted by Crippen LogP contribution is -2.24. The number of aromatic hydroxyl groups is 1. The number of hydrogen-bond donors (Lipinski definition) is 2. The molecule has 1 amide bonds. The van der Waals surface area contributed by atoms with Gasteiger partial charge in [-0.1, -0.05) is 42.5 Å². The van der Waals surface area contributed by atoms with Crippen LogP contribution in [0.15, 0.2) is 54.6 Å². The van der Waals surface area contributed by atoms with Gasteiger partial charge in [-0.25, -0.2) is 0 Å². The van der Waals surface area contributed by atoms with E-state index < -0.39 is 0 Å². The van der Waals surface area contributed by atoms with Crippen LogP contribution in [-0.2, 0) is 17.8 Å². The summed E-state index contributed by atoms with van der Waals surface area (Å²) in [5.41, 5.74) is 1.88. The van der Waals surface area contributed by atoms with Crippen molar-refractivity contribution >= 4 is 5.91 Å². The fourth-order valence-corrected chi connectivity index (χ4v) is 1.71. The Labute approximate surface area is 106 Å². The Bertz CT molecular complexity index is 523. The normalized spacial score (nSPS) is 10.0. The maximum Gasteiger partial charge on any atom is 0.224 e. The standard InChI is InChI=1S/C15H15NO2/c17-14-8-4-7-13(9-14)10-15(18)16-11-12-5-2-1-3-6-12/h1-9,17H,10-11H2,(H,16,18). The van der Waals surface area contributed by atoms with E-state index in [2.05, 4.69) is 5.32 Å². The second-order valence-electron chi connectivity index (χ2n) is 4.11. The third-order valence-electron chi connectivity index (χ3n) is 2.61. The number of phenolic OH excluding ortho intramolecular Hbond substituents is 1. The van der Waals surface area contributed by atoms with Crippen LogP contribution in [0.2, 0.25) is 0 Å². The molecule has 0 bridgehead atoms. The molecule has 0 unspecified atom stereocenters. The molecule has 0 aliphatic carbocycles. The van der Waals surface area contributed by atoms with E-state index in [1.165, 1.54) is 0 Å². The number of phenols is 1. The van der Waals surface area contributed by atoms with E-state index >= 15 is 0 Å². The van der Waals surface area contributed by atoms with Gasteiger partial charge in [-0.2, -0.15) is 0 Å². The molecule has 0 heterocycles. The summed E-state index contributed by atoms with van der Waals surface area (Å²) in [6.07, 6.45) is 0.279. The molecule has 0 aliphatic heterocycles. The van der Waals surface area contributed by atoms with Gasteiger partial charge in [-0.05, 0) is 23.3 Å². The number of carbonyl (C=O) groups is 1. The Hall–Kier alpha value is -2.29. The molecule has 2 aromatic rings. The minimum Gasteiger partial charge on any atom is -0.508 e. The van der Waals surface area contributed by atoms with Gasteiger partial charge in [0.25, 0.3) is 0 Å². The maximum atomic E-state index is 11.7. The lowest BCUT2D eigenvalue weighted by atomic mass is 10.1. The first kappa shape index (κ1) is 12.2. The molecule has 0 aliphatic rings. The maximum absolute atomic E-state index is 11.7. The van der Waals surface area contributed by atoms with E-state index in [9.17, 15) is 9.90 Å². The number of hydrogen-bond acceptors (Lipinski definition) is 2. The average Bonchev–Trinajstić information content (AvgIpc) is 2.38. The molecule has 0 radical (unpaired) electrons. The molecule has 3 heteroatoms. The van der Waals surface area contributed by atoms with Crippen LogP contribution in [0.5, 0.6) is 5.75 Å². The van der Waals surface area contributed by atoms with Crippen LogP contribution in [0.3, 0.4) is 0 Å². The van der Waals surface area contributed by atoms with E-state index in [4.69, 9.17) is 0 Å². The van der Waals surface area contributed by atoms with Crippen molar-refractivity contribution in [2.24, 2.45) is 0 Å². The summed E-state index contributed by atoms with van der Waals surface area (Å²) in [7, 11) is 0. The summed E-state index contributed by atoms with van der Waals surface area (Å²) in [6.45, 7) is 0.526. The van der Waals surface area contributed by atoms with Gasteiger partial charge in [0.15, 0.2) is 0 Å². The van der Waals surface area contributed by atoms with E-state index in [1.807, 2.05) is 36.4 Å². The van der Waals surface area contributed by atoms with Crippen molar-refractivity contribution in [1.29, 1.82) is 0 Å². The van der Waals surface area contributed by atoms with Gasteiger partial charge in [-0.3, -0.25) is 4.79 Å². The predicted octanol–water partition coefficient (Wildman–Crippen LogP) is 2.25. The topological polar surface area (TPSA) is 49.3 Å². The molecular weight excluding hydrogens is 226 g/mol. The van der Waals surface area contributed by atoms with Gasteiger partial charge < -0.3 is 10.4 Å². The van der Waals surface area contributed by atoms with Gasteiger partial charge in [0.2, 0.25) is 5.91 Å². The Balaban J connectivity index is 1.86. The zero-order valence-corrected chi connectivity index (χ0v) is 9.97. The van der Waals surface area contributed by atoms with Gasteiger partial charge in [0.1, 0.15) is 5.75 Å². The lowest BCUT2D eigenvalue weighted by molar-refractivity contribution is -0.120. The highest BCUT2D eigenvalue weighted by Gasteiger charge is 2.03. The third-order valence-corrected chi connectivity index (χ3v) is 2.61. The molecule has 2 aromatic carbocycles. The van der Waals surface area contributed by atoms with E-state index in [0.717, 1.165) is 11.1 Å². The fourth-order valence-electron chi connectivity index (χ4n) is 1.71. The van der Waals surface area contributed by atoms with Crippen LogP contribution in [0, 0.1) is 0 Å². The molecule has 0 atom stereocenters. The number of amides is 1. The van der Waals surface area contributed by atoms with E-state index in [1.54, 1.807) is 18.2 Å². The zero-order chi connectivity index (χ0) is 12.8. The summed E-state index contributed by atoms with van der Waals surface area (Å²) in [4.78, 5) is 11.7. The quantitative estimate of drug-likeness (QED) is 0.862. The highest BCUT2D eigenvalue weighted by Crippen LogP contribution is 2.11. The molecule has 0 aromatic heterocycles. The van der Waals surface area contributed by atoms with Gasteiger partial charge in [-0.15, -0.1) is 0 Å². The fraction of sp³-hybridized carbons (Fsp3) is 0.133. The molecule has 92 valence electrons. The van der Waals surface area contributed by atoms with Crippen molar-refractivity contribution in [3.8, 4) is 5.75 Å². The van der Waals surface area contributed by atoms with Gasteiger partial charge in [0.05, 0.1) is 6.42 Å². The Morgan fingerprint density at radius 3 is 2.44 bits per heavy atom. The molecule has 0 spiro atoms. The first-order valence-corrected chi connectivity index (χ1v) is 5.82. The first-order valence-electron chi connectivity index (χ1n) is 5.82. The second kappa shape index (κ2) is 5.87. The molecule has 2 N–H and O–H groups in total. The van der Waals surface area contributed by atoms with Crippen LogP contribution < -0.4 is 5.32 Å². The zero-order valence-electron chi connectivity index (χ0n) is 9.97. The second-order valence-corrected chi connectivity index (χ2v) is 4.11. The summed E-state index contributed by atoms with van der Waals surface area (Å²) in [5, 5.41) is 12.1. The molecular formula is C15H15NO2. The highest BCUT2D eigenvalue weighted by atomic mass is 16.3. The summed E-state index contributed by atoms with van der Waals surface area (Å²) >= 11 is 0.